The Morgan fingerprint density at radius 1 is 1.12 bits per heavy atom. The molecule has 43 heavy (non-hydrogen) atoms. The number of aromatic nitrogens is 1. The van der Waals surface area contributed by atoms with E-state index >= 15 is 0 Å². The Morgan fingerprint density at radius 3 is 2.53 bits per heavy atom. The summed E-state index contributed by atoms with van der Waals surface area (Å²) in [5.74, 6) is -1.78. The molecule has 13 nitrogen and oxygen atoms in total. The van der Waals surface area contributed by atoms with Crippen molar-refractivity contribution in [2.24, 2.45) is 5.73 Å². The van der Waals surface area contributed by atoms with Gasteiger partial charge in [-0.2, -0.15) is 8.86 Å². The van der Waals surface area contributed by atoms with Crippen LogP contribution in [-0.4, -0.2) is 59.2 Å². The van der Waals surface area contributed by atoms with E-state index in [9.17, 15) is 23.1 Å². The minimum absolute atomic E-state index is 0.00929. The Labute approximate surface area is 254 Å². The van der Waals surface area contributed by atoms with Crippen LogP contribution in [0.15, 0.2) is 60.8 Å². The molecule has 1 atom stereocenters. The molecule has 0 aliphatic carbocycles. The van der Waals surface area contributed by atoms with Crippen molar-refractivity contribution in [3.8, 4) is 5.75 Å². The zero-order chi connectivity index (χ0) is 31.6. The number of nitrogens with two attached hydrogens (primary N) is 1. The molecule has 0 radical (unpaired) electrons. The van der Waals surface area contributed by atoms with Crippen LogP contribution in [0.4, 0.5) is 5.69 Å². The van der Waals surface area contributed by atoms with Gasteiger partial charge in [0.25, 0.3) is 11.8 Å². The van der Waals surface area contributed by atoms with Gasteiger partial charge in [0, 0.05) is 34.5 Å². The van der Waals surface area contributed by atoms with Crippen LogP contribution in [0.3, 0.4) is 0 Å². The SMILES string of the molecule is CCOC(=O)CNC(=O)COc1cc(C(=N)N)ccc1CNC(=O)c1cc(Cl)cc(N(Cc2ccccn2)[S+](C)(=O)O)c1. The highest BCUT2D eigenvalue weighted by atomic mass is 35.5. The third-order valence-corrected chi connectivity index (χ3v) is 7.16. The fourth-order valence-corrected chi connectivity index (χ4v) is 4.85. The number of ether oxygens (including phenoxy) is 2. The first-order chi connectivity index (χ1) is 20.4. The molecule has 0 saturated heterocycles. The summed E-state index contributed by atoms with van der Waals surface area (Å²) in [7, 11) is -3.52. The number of rotatable bonds is 14. The van der Waals surface area contributed by atoms with Crippen LogP contribution in [0.2, 0.25) is 5.02 Å². The first-order valence-corrected chi connectivity index (χ1v) is 15.1. The lowest BCUT2D eigenvalue weighted by molar-refractivity contribution is -0.143. The van der Waals surface area contributed by atoms with Crippen molar-refractivity contribution in [1.29, 1.82) is 5.41 Å². The van der Waals surface area contributed by atoms with E-state index in [1.807, 2.05) is 0 Å². The summed E-state index contributed by atoms with van der Waals surface area (Å²) < 4.78 is 34.8. The van der Waals surface area contributed by atoms with Crippen LogP contribution in [0.1, 0.15) is 34.1 Å². The van der Waals surface area contributed by atoms with Crippen molar-refractivity contribution >= 4 is 51.3 Å². The van der Waals surface area contributed by atoms with Crippen LogP contribution in [0, 0.1) is 5.41 Å². The molecule has 0 aliphatic heterocycles. The molecule has 1 aromatic heterocycles. The molecule has 2 aromatic carbocycles. The Balaban J connectivity index is 1.76. The fraction of sp³-hybridized carbons (Fsp3) is 0.250. The maximum absolute atomic E-state index is 13.2. The molecule has 1 unspecified atom stereocenters. The number of hydrogen-bond donors (Lipinski definition) is 5. The van der Waals surface area contributed by atoms with E-state index in [2.05, 4.69) is 15.6 Å². The second-order valence-corrected chi connectivity index (χ2v) is 11.5. The van der Waals surface area contributed by atoms with Gasteiger partial charge in [0.1, 0.15) is 24.7 Å². The average molecular weight is 632 g/mol. The number of benzene rings is 2. The number of nitrogens with zero attached hydrogens (tertiary/aromatic N) is 2. The molecule has 15 heteroatoms. The van der Waals surface area contributed by atoms with Gasteiger partial charge in [0.05, 0.1) is 18.0 Å². The molecule has 0 bridgehead atoms. The summed E-state index contributed by atoms with van der Waals surface area (Å²) in [5, 5.41) is 13.0. The average Bonchev–Trinajstić information content (AvgIpc) is 2.96. The maximum Gasteiger partial charge on any atom is 0.325 e. The number of anilines is 1. The molecule has 3 rings (SSSR count). The van der Waals surface area contributed by atoms with Gasteiger partial charge in [-0.05, 0) is 47.5 Å². The Morgan fingerprint density at radius 2 is 1.88 bits per heavy atom. The topological polar surface area (TPSA) is 197 Å². The number of carbonyl (C=O) groups is 3. The monoisotopic (exact) mass is 631 g/mol. The molecule has 1 heterocycles. The summed E-state index contributed by atoms with van der Waals surface area (Å²) in [4.78, 5) is 41.0. The Bertz CT molecular complexity index is 1530. The van der Waals surface area contributed by atoms with E-state index in [-0.39, 0.29) is 54.1 Å². The summed E-state index contributed by atoms with van der Waals surface area (Å²) in [6.07, 6.45) is 2.72. The lowest BCUT2D eigenvalue weighted by Gasteiger charge is -2.21. The largest absolute Gasteiger partial charge is 0.483 e. The predicted octanol–water partition coefficient (Wildman–Crippen LogP) is 2.53. The number of esters is 1. The molecule has 2 amide bonds. The van der Waals surface area contributed by atoms with E-state index in [1.54, 1.807) is 43.5 Å². The highest BCUT2D eigenvalue weighted by molar-refractivity contribution is 7.98. The standard InChI is InChI=1S/C28H31ClN6O7S/c1-3-41-26(37)15-33-25(36)17-42-24-12-18(27(30)31)7-8-19(24)14-34-28(38)20-10-21(29)13-23(11-20)35(43(2,39)40)16-22-6-4-5-9-32-22/h4-13H,3,14-17H2,1-2H3,(H5-,30,31,33,34,36,38,39,40)/p+1. The van der Waals surface area contributed by atoms with Gasteiger partial charge in [-0.15, -0.1) is 0 Å². The Hall–Kier alpha value is -4.53. The van der Waals surface area contributed by atoms with Crippen LogP contribution < -0.4 is 25.4 Å². The number of amides is 2. The molecular formula is C28H32ClN6O7S+. The minimum Gasteiger partial charge on any atom is -0.483 e. The lowest BCUT2D eigenvalue weighted by atomic mass is 10.1. The third kappa shape index (κ3) is 10.1. The second-order valence-electron chi connectivity index (χ2n) is 9.11. The van der Waals surface area contributed by atoms with Gasteiger partial charge in [0.2, 0.25) is 0 Å². The zero-order valence-corrected chi connectivity index (χ0v) is 25.0. The minimum atomic E-state index is -3.52. The van der Waals surface area contributed by atoms with Crippen LogP contribution in [0.25, 0.3) is 0 Å². The van der Waals surface area contributed by atoms with Gasteiger partial charge < -0.3 is 25.8 Å². The maximum atomic E-state index is 13.2. The highest BCUT2D eigenvalue weighted by Crippen LogP contribution is 2.28. The van der Waals surface area contributed by atoms with E-state index < -0.39 is 34.8 Å². The number of amidine groups is 1. The molecule has 6 N–H and O–H groups in total. The van der Waals surface area contributed by atoms with Crippen LogP contribution >= 0.6 is 11.6 Å². The van der Waals surface area contributed by atoms with Crippen molar-refractivity contribution in [3.63, 3.8) is 0 Å². The van der Waals surface area contributed by atoms with Crippen molar-refractivity contribution in [1.82, 2.24) is 15.6 Å². The van der Waals surface area contributed by atoms with E-state index in [0.717, 1.165) is 6.26 Å². The third-order valence-electron chi connectivity index (χ3n) is 5.78. The van der Waals surface area contributed by atoms with Crippen LogP contribution in [-0.2, 0) is 42.0 Å². The van der Waals surface area contributed by atoms with Crippen molar-refractivity contribution in [2.45, 2.75) is 20.0 Å². The molecule has 228 valence electrons. The van der Waals surface area contributed by atoms with E-state index in [4.69, 9.17) is 32.2 Å². The zero-order valence-electron chi connectivity index (χ0n) is 23.5. The first-order valence-electron chi connectivity index (χ1n) is 12.9. The van der Waals surface area contributed by atoms with Gasteiger partial charge in [-0.1, -0.05) is 29.8 Å². The van der Waals surface area contributed by atoms with Crippen molar-refractivity contribution in [2.75, 3.05) is 30.3 Å². The van der Waals surface area contributed by atoms with Gasteiger partial charge in [-0.3, -0.25) is 24.8 Å². The van der Waals surface area contributed by atoms with E-state index in [0.29, 0.717) is 16.8 Å². The fourth-order valence-electron chi connectivity index (χ4n) is 3.75. The number of nitrogen functional groups attached to an aromatic ring is 1. The number of carbonyl (C=O) groups excluding carboxylic acids is 3. The van der Waals surface area contributed by atoms with Crippen molar-refractivity contribution in [3.05, 3.63) is 88.2 Å². The summed E-state index contributed by atoms with van der Waals surface area (Å²) >= 11 is 6.30. The Kier molecular flexibility index (Phi) is 11.6. The molecule has 3 aromatic rings. The summed E-state index contributed by atoms with van der Waals surface area (Å²) in [5.41, 5.74) is 7.28. The quantitative estimate of drug-likeness (QED) is 0.0768. The molecule has 0 spiro atoms. The van der Waals surface area contributed by atoms with Crippen molar-refractivity contribution < 1.29 is 32.6 Å². The summed E-state index contributed by atoms with van der Waals surface area (Å²) in [6, 6.07) is 14.1. The molecule has 0 fully saturated rings. The molecule has 0 saturated carbocycles. The molecule has 0 aliphatic rings. The number of pyridine rings is 1. The van der Waals surface area contributed by atoms with Gasteiger partial charge in [0.15, 0.2) is 12.9 Å². The smallest absolute Gasteiger partial charge is 0.325 e. The van der Waals surface area contributed by atoms with E-state index in [1.165, 1.54) is 28.6 Å². The predicted molar refractivity (Wildman–Crippen MR) is 162 cm³/mol. The number of hydrogen-bond acceptors (Lipinski definition) is 8. The number of nitrogens with one attached hydrogen (secondary N) is 3. The lowest BCUT2D eigenvalue weighted by Crippen LogP contribution is -2.35. The number of halogens is 1. The highest BCUT2D eigenvalue weighted by Gasteiger charge is 2.31. The normalized spacial score (nSPS) is 12.0. The van der Waals surface area contributed by atoms with Crippen LogP contribution in [0.5, 0.6) is 5.75 Å². The van der Waals surface area contributed by atoms with Gasteiger partial charge in [-0.25, -0.2) is 0 Å². The second kappa shape index (κ2) is 15.1. The van der Waals surface area contributed by atoms with Gasteiger partial charge >= 0.3 is 16.4 Å². The first kappa shape index (κ1) is 33.0. The summed E-state index contributed by atoms with van der Waals surface area (Å²) in [6.45, 7) is 0.983. The molecular weight excluding hydrogens is 600 g/mol.